The normalized spacial score (nSPS) is 34.6. The molecule has 0 aromatic rings. The van der Waals surface area contributed by atoms with Gasteiger partial charge >= 0.3 is 0 Å². The van der Waals surface area contributed by atoms with Gasteiger partial charge in [-0.3, -0.25) is 4.90 Å². The lowest BCUT2D eigenvalue weighted by molar-refractivity contribution is -0.0513. The Hall–Kier alpha value is -0.0800. The van der Waals surface area contributed by atoms with E-state index in [-0.39, 0.29) is 0 Å². The largest absolute Gasteiger partial charge is 0.378 e. The van der Waals surface area contributed by atoms with Crippen LogP contribution in [-0.4, -0.2) is 36.2 Å². The van der Waals surface area contributed by atoms with Crippen molar-refractivity contribution in [3.63, 3.8) is 0 Å². The zero-order valence-corrected chi connectivity index (χ0v) is 8.00. The Morgan fingerprint density at radius 3 is 1.91 bits per heavy atom. The number of hydrogen-bond acceptors (Lipinski definition) is 2. The molecule has 66 valence electrons. The standard InChI is InChI=1S/C9H19NO/c1-7(2)10-8(3)5-11-6-9(10)4/h7-9H,5-6H2,1-4H3/t8-,9?/m0/s1. The minimum atomic E-state index is 0.582. The maximum atomic E-state index is 5.43. The lowest BCUT2D eigenvalue weighted by Crippen LogP contribution is -2.52. The molecule has 1 fully saturated rings. The van der Waals surface area contributed by atoms with E-state index in [4.69, 9.17) is 4.74 Å². The van der Waals surface area contributed by atoms with Crippen LogP contribution in [0.3, 0.4) is 0 Å². The zero-order valence-electron chi connectivity index (χ0n) is 8.00. The van der Waals surface area contributed by atoms with Crippen LogP contribution in [0, 0.1) is 0 Å². The van der Waals surface area contributed by atoms with Crippen molar-refractivity contribution >= 4 is 0 Å². The van der Waals surface area contributed by atoms with E-state index in [1.54, 1.807) is 0 Å². The van der Waals surface area contributed by atoms with Gasteiger partial charge in [-0.1, -0.05) is 0 Å². The highest BCUT2D eigenvalue weighted by Gasteiger charge is 2.26. The maximum Gasteiger partial charge on any atom is 0.0620 e. The molecule has 1 saturated heterocycles. The average molecular weight is 157 g/mol. The first-order valence-corrected chi connectivity index (χ1v) is 4.48. The molecule has 0 bridgehead atoms. The van der Waals surface area contributed by atoms with Crippen molar-refractivity contribution in [2.75, 3.05) is 13.2 Å². The first-order valence-electron chi connectivity index (χ1n) is 4.48. The molecule has 1 unspecified atom stereocenters. The van der Waals surface area contributed by atoms with Gasteiger partial charge in [0.25, 0.3) is 0 Å². The van der Waals surface area contributed by atoms with Crippen LogP contribution in [0.1, 0.15) is 27.7 Å². The van der Waals surface area contributed by atoms with Gasteiger partial charge in [-0.05, 0) is 27.7 Å². The molecule has 0 aromatic heterocycles. The number of morpholine rings is 1. The second kappa shape index (κ2) is 3.55. The summed E-state index contributed by atoms with van der Waals surface area (Å²) in [4.78, 5) is 2.52. The van der Waals surface area contributed by atoms with E-state index in [0.29, 0.717) is 18.1 Å². The van der Waals surface area contributed by atoms with Crippen molar-refractivity contribution < 1.29 is 4.74 Å². The molecule has 1 aliphatic rings. The second-order valence-electron chi connectivity index (χ2n) is 3.78. The molecule has 0 aliphatic carbocycles. The van der Waals surface area contributed by atoms with Crippen LogP contribution in [-0.2, 0) is 4.74 Å². The van der Waals surface area contributed by atoms with E-state index in [9.17, 15) is 0 Å². The molecule has 1 heterocycles. The van der Waals surface area contributed by atoms with Gasteiger partial charge in [0.05, 0.1) is 13.2 Å². The van der Waals surface area contributed by atoms with Crippen molar-refractivity contribution in [3.8, 4) is 0 Å². The van der Waals surface area contributed by atoms with Gasteiger partial charge in [0, 0.05) is 18.1 Å². The Morgan fingerprint density at radius 2 is 1.64 bits per heavy atom. The number of hydrogen-bond donors (Lipinski definition) is 0. The van der Waals surface area contributed by atoms with Crippen molar-refractivity contribution in [1.29, 1.82) is 0 Å². The summed E-state index contributed by atoms with van der Waals surface area (Å²) in [5.74, 6) is 0. The van der Waals surface area contributed by atoms with Crippen LogP contribution >= 0.6 is 0 Å². The van der Waals surface area contributed by atoms with Crippen molar-refractivity contribution in [3.05, 3.63) is 0 Å². The fourth-order valence-corrected chi connectivity index (χ4v) is 2.03. The predicted molar refractivity (Wildman–Crippen MR) is 46.7 cm³/mol. The quantitative estimate of drug-likeness (QED) is 0.572. The molecule has 2 nitrogen and oxygen atoms in total. The summed E-state index contributed by atoms with van der Waals surface area (Å²) < 4.78 is 5.43. The molecule has 2 atom stereocenters. The van der Waals surface area contributed by atoms with Gasteiger partial charge in [0.1, 0.15) is 0 Å². The average Bonchev–Trinajstić information content (AvgIpc) is 1.85. The summed E-state index contributed by atoms with van der Waals surface area (Å²) in [6.45, 7) is 10.7. The van der Waals surface area contributed by atoms with E-state index in [1.807, 2.05) is 0 Å². The molecule has 0 N–H and O–H groups in total. The maximum absolute atomic E-state index is 5.43. The summed E-state index contributed by atoms with van der Waals surface area (Å²) in [6, 6.07) is 1.81. The van der Waals surface area contributed by atoms with E-state index < -0.39 is 0 Å². The van der Waals surface area contributed by atoms with E-state index in [1.165, 1.54) is 0 Å². The van der Waals surface area contributed by atoms with Crippen LogP contribution in [0.5, 0.6) is 0 Å². The lowest BCUT2D eigenvalue weighted by atomic mass is 10.1. The van der Waals surface area contributed by atoms with Gasteiger partial charge in [-0.2, -0.15) is 0 Å². The summed E-state index contributed by atoms with van der Waals surface area (Å²) >= 11 is 0. The molecule has 0 aromatic carbocycles. The van der Waals surface area contributed by atoms with E-state index in [0.717, 1.165) is 13.2 Å². The van der Waals surface area contributed by atoms with Crippen LogP contribution in [0.2, 0.25) is 0 Å². The van der Waals surface area contributed by atoms with Gasteiger partial charge in [0.15, 0.2) is 0 Å². The summed E-state index contributed by atoms with van der Waals surface area (Å²) in [6.07, 6.45) is 0. The highest BCUT2D eigenvalue weighted by molar-refractivity contribution is 4.79. The first-order chi connectivity index (χ1) is 5.13. The van der Waals surface area contributed by atoms with Crippen molar-refractivity contribution in [1.82, 2.24) is 4.90 Å². The second-order valence-corrected chi connectivity index (χ2v) is 3.78. The molecular formula is C9H19NO. The molecule has 0 radical (unpaired) electrons. The summed E-state index contributed by atoms with van der Waals surface area (Å²) in [5, 5.41) is 0. The smallest absolute Gasteiger partial charge is 0.0620 e. The SMILES string of the molecule is CC(C)N1C(C)COC[C@@H]1C. The first kappa shape index (κ1) is 9.01. The van der Waals surface area contributed by atoms with Crippen LogP contribution < -0.4 is 0 Å². The molecule has 2 heteroatoms. The molecule has 0 saturated carbocycles. The summed E-state index contributed by atoms with van der Waals surface area (Å²) in [7, 11) is 0. The Kier molecular flexibility index (Phi) is 2.90. The van der Waals surface area contributed by atoms with Crippen LogP contribution in [0.4, 0.5) is 0 Å². The van der Waals surface area contributed by atoms with Crippen LogP contribution in [0.25, 0.3) is 0 Å². The third-order valence-corrected chi connectivity index (χ3v) is 2.33. The highest BCUT2D eigenvalue weighted by Crippen LogP contribution is 2.15. The van der Waals surface area contributed by atoms with E-state index in [2.05, 4.69) is 32.6 Å². The Balaban J connectivity index is 2.55. The molecular weight excluding hydrogens is 138 g/mol. The molecule has 0 spiro atoms. The van der Waals surface area contributed by atoms with Gasteiger partial charge in [0.2, 0.25) is 0 Å². The molecule has 1 rings (SSSR count). The fraction of sp³-hybridized carbons (Fsp3) is 1.00. The van der Waals surface area contributed by atoms with Crippen LogP contribution in [0.15, 0.2) is 0 Å². The van der Waals surface area contributed by atoms with Crippen molar-refractivity contribution in [2.24, 2.45) is 0 Å². The Bertz CT molecular complexity index is 115. The van der Waals surface area contributed by atoms with Gasteiger partial charge in [-0.15, -0.1) is 0 Å². The number of ether oxygens (including phenoxy) is 1. The topological polar surface area (TPSA) is 12.5 Å². The monoisotopic (exact) mass is 157 g/mol. The zero-order chi connectivity index (χ0) is 8.43. The number of nitrogens with zero attached hydrogens (tertiary/aromatic N) is 1. The third kappa shape index (κ3) is 1.94. The highest BCUT2D eigenvalue weighted by atomic mass is 16.5. The molecule has 1 aliphatic heterocycles. The third-order valence-electron chi connectivity index (χ3n) is 2.33. The molecule has 0 amide bonds. The minimum Gasteiger partial charge on any atom is -0.378 e. The van der Waals surface area contributed by atoms with Gasteiger partial charge < -0.3 is 4.74 Å². The lowest BCUT2D eigenvalue weighted by Gasteiger charge is -2.41. The Morgan fingerprint density at radius 1 is 1.18 bits per heavy atom. The number of rotatable bonds is 1. The Labute approximate surface area is 69.5 Å². The van der Waals surface area contributed by atoms with E-state index >= 15 is 0 Å². The summed E-state index contributed by atoms with van der Waals surface area (Å²) in [5.41, 5.74) is 0. The van der Waals surface area contributed by atoms with Crippen molar-refractivity contribution in [2.45, 2.75) is 45.8 Å². The minimum absolute atomic E-state index is 0.582. The van der Waals surface area contributed by atoms with Gasteiger partial charge in [-0.25, -0.2) is 0 Å². The molecule has 11 heavy (non-hydrogen) atoms. The fourth-order valence-electron chi connectivity index (χ4n) is 2.03. The predicted octanol–water partition coefficient (Wildman–Crippen LogP) is 1.50.